The topological polar surface area (TPSA) is 72.5 Å². The van der Waals surface area contributed by atoms with Crippen LogP contribution < -0.4 is 5.73 Å². The Balaban J connectivity index is 3.95. The largest absolute Gasteiger partial charge is 0.479 e. The Kier molecular flexibility index (Phi) is 7.54. The molecule has 0 aliphatic heterocycles. The first-order valence-corrected chi connectivity index (χ1v) is 6.34. The van der Waals surface area contributed by atoms with Crippen LogP contribution in [0.2, 0.25) is 0 Å². The average molecular weight is 225 g/mol. The standard InChI is InChI=1S/C7H15NO3S2/c1-12-4-3-5(8)6(7(9)10)11-13-2/h5-6H,3-4,8H2,1-2H3,(H,9,10)/t5-,6?/m1/s1. The summed E-state index contributed by atoms with van der Waals surface area (Å²) in [6.45, 7) is 0. The quantitative estimate of drug-likeness (QED) is 0.625. The van der Waals surface area contributed by atoms with Gasteiger partial charge in [-0.2, -0.15) is 11.8 Å². The zero-order valence-corrected chi connectivity index (χ0v) is 9.36. The molecule has 0 aromatic heterocycles. The predicted molar refractivity (Wildman–Crippen MR) is 57.0 cm³/mol. The van der Waals surface area contributed by atoms with Gasteiger partial charge in [0.2, 0.25) is 0 Å². The van der Waals surface area contributed by atoms with E-state index in [2.05, 4.69) is 0 Å². The predicted octanol–water partition coefficient (Wildman–Crippen LogP) is 0.815. The Morgan fingerprint density at radius 3 is 2.62 bits per heavy atom. The van der Waals surface area contributed by atoms with Gasteiger partial charge in [-0.3, -0.25) is 4.18 Å². The second-order valence-corrected chi connectivity index (χ2v) is 3.98. The Morgan fingerprint density at radius 1 is 1.62 bits per heavy atom. The summed E-state index contributed by atoms with van der Waals surface area (Å²) in [4.78, 5) is 10.7. The molecule has 0 aliphatic rings. The molecule has 6 heteroatoms. The maximum Gasteiger partial charge on any atom is 0.335 e. The molecular weight excluding hydrogens is 210 g/mol. The summed E-state index contributed by atoms with van der Waals surface area (Å²) in [5, 5.41) is 8.75. The van der Waals surface area contributed by atoms with Crippen LogP contribution in [-0.4, -0.2) is 41.5 Å². The normalized spacial score (nSPS) is 15.3. The molecule has 4 nitrogen and oxygen atoms in total. The average Bonchev–Trinajstić information content (AvgIpc) is 2.09. The summed E-state index contributed by atoms with van der Waals surface area (Å²) < 4.78 is 4.95. The van der Waals surface area contributed by atoms with Crippen LogP contribution in [0.4, 0.5) is 0 Å². The molecule has 2 atom stereocenters. The fourth-order valence-corrected chi connectivity index (χ4v) is 1.74. The van der Waals surface area contributed by atoms with E-state index < -0.39 is 18.1 Å². The smallest absolute Gasteiger partial charge is 0.335 e. The minimum Gasteiger partial charge on any atom is -0.479 e. The molecule has 0 amide bonds. The van der Waals surface area contributed by atoms with Crippen molar-refractivity contribution in [1.29, 1.82) is 0 Å². The van der Waals surface area contributed by atoms with Crippen LogP contribution in [0, 0.1) is 0 Å². The number of aliphatic carboxylic acids is 1. The Labute approximate surface area is 86.8 Å². The molecule has 0 spiro atoms. The first-order valence-electron chi connectivity index (χ1n) is 3.80. The highest BCUT2D eigenvalue weighted by Gasteiger charge is 2.25. The van der Waals surface area contributed by atoms with Gasteiger partial charge < -0.3 is 10.8 Å². The van der Waals surface area contributed by atoms with Crippen LogP contribution in [0.15, 0.2) is 0 Å². The lowest BCUT2D eigenvalue weighted by molar-refractivity contribution is -0.145. The molecule has 78 valence electrons. The van der Waals surface area contributed by atoms with Gasteiger partial charge in [0.25, 0.3) is 0 Å². The van der Waals surface area contributed by atoms with Crippen LogP contribution in [0.25, 0.3) is 0 Å². The third-order valence-corrected chi connectivity index (χ3v) is 2.53. The molecule has 0 rings (SSSR count). The molecule has 0 heterocycles. The van der Waals surface area contributed by atoms with Gasteiger partial charge in [0, 0.05) is 12.3 Å². The number of hydrogen-bond donors (Lipinski definition) is 2. The molecule has 13 heavy (non-hydrogen) atoms. The molecule has 0 aromatic rings. The molecule has 0 aromatic carbocycles. The highest BCUT2D eigenvalue weighted by molar-refractivity contribution is 7.98. The van der Waals surface area contributed by atoms with Crippen LogP contribution in [-0.2, 0) is 8.98 Å². The van der Waals surface area contributed by atoms with E-state index in [1.54, 1.807) is 18.0 Å². The molecule has 0 fully saturated rings. The van der Waals surface area contributed by atoms with Gasteiger partial charge in [0.05, 0.1) is 0 Å². The van der Waals surface area contributed by atoms with Crippen LogP contribution >= 0.6 is 23.8 Å². The monoisotopic (exact) mass is 225 g/mol. The van der Waals surface area contributed by atoms with Crippen LogP contribution in [0.3, 0.4) is 0 Å². The highest BCUT2D eigenvalue weighted by atomic mass is 32.2. The van der Waals surface area contributed by atoms with Crippen LogP contribution in [0.1, 0.15) is 6.42 Å². The van der Waals surface area contributed by atoms with E-state index in [0.717, 1.165) is 17.8 Å². The number of nitrogens with two attached hydrogens (primary N) is 1. The summed E-state index contributed by atoms with van der Waals surface area (Å²) in [6, 6.07) is -0.433. The lowest BCUT2D eigenvalue weighted by Gasteiger charge is -2.18. The zero-order chi connectivity index (χ0) is 10.3. The Hall–Kier alpha value is 0.0900. The Bertz CT molecular complexity index is 157. The molecule has 0 saturated carbocycles. The number of carboxylic acid groups (broad SMARTS) is 1. The minimum atomic E-state index is -0.997. The maximum absolute atomic E-state index is 10.7. The molecule has 0 aliphatic carbocycles. The molecule has 1 unspecified atom stereocenters. The van der Waals surface area contributed by atoms with Crippen LogP contribution in [0.5, 0.6) is 0 Å². The van der Waals surface area contributed by atoms with E-state index in [0.29, 0.717) is 6.42 Å². The van der Waals surface area contributed by atoms with E-state index in [-0.39, 0.29) is 0 Å². The van der Waals surface area contributed by atoms with Crippen molar-refractivity contribution in [1.82, 2.24) is 0 Å². The number of carbonyl (C=O) groups is 1. The van der Waals surface area contributed by atoms with Crippen molar-refractivity contribution in [3.63, 3.8) is 0 Å². The molecule has 0 bridgehead atoms. The van der Waals surface area contributed by atoms with Crippen molar-refractivity contribution in [3.8, 4) is 0 Å². The number of thioether (sulfide) groups is 1. The molecule has 0 saturated heterocycles. The van der Waals surface area contributed by atoms with E-state index in [1.807, 2.05) is 6.26 Å². The third kappa shape index (κ3) is 5.41. The Morgan fingerprint density at radius 2 is 2.23 bits per heavy atom. The first kappa shape index (κ1) is 13.1. The lowest BCUT2D eigenvalue weighted by atomic mass is 10.1. The summed E-state index contributed by atoms with van der Waals surface area (Å²) in [7, 11) is 0. The molecular formula is C7H15NO3S2. The second-order valence-electron chi connectivity index (χ2n) is 2.47. The summed E-state index contributed by atoms with van der Waals surface area (Å²) in [6.07, 6.45) is 3.38. The van der Waals surface area contributed by atoms with Gasteiger partial charge in [0.1, 0.15) is 0 Å². The van der Waals surface area contributed by atoms with Crippen molar-refractivity contribution in [2.45, 2.75) is 18.6 Å². The summed E-state index contributed by atoms with van der Waals surface area (Å²) in [5.41, 5.74) is 5.66. The first-order chi connectivity index (χ1) is 6.13. The fourth-order valence-electron chi connectivity index (χ4n) is 0.805. The van der Waals surface area contributed by atoms with E-state index in [1.165, 1.54) is 0 Å². The lowest BCUT2D eigenvalue weighted by Crippen LogP contribution is -2.41. The van der Waals surface area contributed by atoms with E-state index in [9.17, 15) is 4.79 Å². The number of rotatable bonds is 7. The zero-order valence-electron chi connectivity index (χ0n) is 7.73. The molecule has 3 N–H and O–H groups in total. The SMILES string of the molecule is CSCC[C@@H](N)C(OSC)C(=O)O. The van der Waals surface area contributed by atoms with Gasteiger partial charge in [0.15, 0.2) is 6.10 Å². The van der Waals surface area contributed by atoms with Gasteiger partial charge in [-0.1, -0.05) is 0 Å². The number of hydrogen-bond acceptors (Lipinski definition) is 5. The van der Waals surface area contributed by atoms with Gasteiger partial charge in [-0.05, 0) is 30.5 Å². The van der Waals surface area contributed by atoms with E-state index >= 15 is 0 Å². The van der Waals surface area contributed by atoms with Crippen molar-refractivity contribution >= 4 is 29.8 Å². The van der Waals surface area contributed by atoms with Crippen molar-refractivity contribution in [2.24, 2.45) is 5.73 Å². The van der Waals surface area contributed by atoms with Crippen molar-refractivity contribution < 1.29 is 14.1 Å². The van der Waals surface area contributed by atoms with E-state index in [4.69, 9.17) is 15.0 Å². The van der Waals surface area contributed by atoms with Gasteiger partial charge in [-0.25, -0.2) is 4.79 Å². The molecule has 0 radical (unpaired) electrons. The minimum absolute atomic E-state index is 0.433. The summed E-state index contributed by atoms with van der Waals surface area (Å²) >= 11 is 2.67. The van der Waals surface area contributed by atoms with Gasteiger partial charge in [-0.15, -0.1) is 0 Å². The van der Waals surface area contributed by atoms with Crippen molar-refractivity contribution in [3.05, 3.63) is 0 Å². The highest BCUT2D eigenvalue weighted by Crippen LogP contribution is 2.10. The third-order valence-electron chi connectivity index (χ3n) is 1.49. The summed E-state index contributed by atoms with van der Waals surface area (Å²) in [5.74, 6) is -0.147. The fraction of sp³-hybridized carbons (Fsp3) is 0.857. The van der Waals surface area contributed by atoms with Crippen molar-refractivity contribution in [2.75, 3.05) is 18.3 Å². The maximum atomic E-state index is 10.7. The van der Waals surface area contributed by atoms with Gasteiger partial charge >= 0.3 is 5.97 Å². The number of carboxylic acids is 1. The second kappa shape index (κ2) is 7.49.